The van der Waals surface area contributed by atoms with E-state index in [4.69, 9.17) is 5.11 Å². The molecule has 1 aliphatic heterocycles. The summed E-state index contributed by atoms with van der Waals surface area (Å²) in [7, 11) is 0. The zero-order valence-electron chi connectivity index (χ0n) is 13.1. The molecule has 0 radical (unpaired) electrons. The molecule has 2 aliphatic rings. The summed E-state index contributed by atoms with van der Waals surface area (Å²) in [6.07, 6.45) is 12.4. The lowest BCUT2D eigenvalue weighted by Gasteiger charge is -2.36. The molecule has 1 N–H and O–H groups in total. The molecule has 1 heterocycles. The predicted molar refractivity (Wildman–Crippen MR) is 82.1 cm³/mol. The minimum Gasteiger partial charge on any atom is -0.481 e. The van der Waals surface area contributed by atoms with Gasteiger partial charge in [-0.3, -0.25) is 9.59 Å². The second kappa shape index (κ2) is 7.81. The van der Waals surface area contributed by atoms with Gasteiger partial charge in [-0.25, -0.2) is 0 Å². The number of carboxylic acid groups (broad SMARTS) is 1. The van der Waals surface area contributed by atoms with E-state index in [9.17, 15) is 9.59 Å². The van der Waals surface area contributed by atoms with Gasteiger partial charge in [0.1, 0.15) is 0 Å². The van der Waals surface area contributed by atoms with Crippen molar-refractivity contribution in [3.8, 4) is 0 Å². The number of aliphatic carboxylic acids is 1. The van der Waals surface area contributed by atoms with E-state index < -0.39 is 5.97 Å². The van der Waals surface area contributed by atoms with Crippen LogP contribution in [0.5, 0.6) is 0 Å². The highest BCUT2D eigenvalue weighted by atomic mass is 16.4. The van der Waals surface area contributed by atoms with E-state index in [0.717, 1.165) is 19.5 Å². The van der Waals surface area contributed by atoms with Gasteiger partial charge in [0.05, 0.1) is 0 Å². The fourth-order valence-corrected chi connectivity index (χ4v) is 4.02. The molecule has 1 spiro atoms. The van der Waals surface area contributed by atoms with Crippen molar-refractivity contribution in [2.24, 2.45) is 5.41 Å². The standard InChI is InChI=1S/C17H29NO3/c19-15(7-2-3-8-16(20)21)18-13-6-11-17(12-14-18)9-4-1-5-10-17/h1-14H2,(H,20,21). The summed E-state index contributed by atoms with van der Waals surface area (Å²) in [4.78, 5) is 24.7. The van der Waals surface area contributed by atoms with Crippen LogP contribution in [0, 0.1) is 5.41 Å². The van der Waals surface area contributed by atoms with Gasteiger partial charge in [0.25, 0.3) is 0 Å². The molecule has 1 aliphatic carbocycles. The summed E-state index contributed by atoms with van der Waals surface area (Å²) < 4.78 is 0. The van der Waals surface area contributed by atoms with Crippen molar-refractivity contribution in [3.05, 3.63) is 0 Å². The molecule has 120 valence electrons. The number of nitrogens with zero attached hydrogens (tertiary/aromatic N) is 1. The maximum absolute atomic E-state index is 12.2. The van der Waals surface area contributed by atoms with Gasteiger partial charge < -0.3 is 10.0 Å². The van der Waals surface area contributed by atoms with Gasteiger partial charge in [-0.15, -0.1) is 0 Å². The molecule has 1 saturated heterocycles. The molecule has 0 aromatic carbocycles. The molecule has 4 nitrogen and oxygen atoms in total. The second-order valence-electron chi connectivity index (χ2n) is 6.90. The van der Waals surface area contributed by atoms with Gasteiger partial charge in [0, 0.05) is 25.9 Å². The van der Waals surface area contributed by atoms with Gasteiger partial charge >= 0.3 is 5.97 Å². The minimum atomic E-state index is -0.767. The molecule has 0 aromatic rings. The third kappa shape index (κ3) is 5.01. The number of amides is 1. The number of likely N-dealkylation sites (tertiary alicyclic amines) is 1. The molecule has 2 fully saturated rings. The molecule has 0 bridgehead atoms. The first-order chi connectivity index (χ1) is 10.1. The van der Waals surface area contributed by atoms with Gasteiger partial charge in [-0.2, -0.15) is 0 Å². The Morgan fingerprint density at radius 2 is 1.52 bits per heavy atom. The van der Waals surface area contributed by atoms with Crippen molar-refractivity contribution in [3.63, 3.8) is 0 Å². The molecular weight excluding hydrogens is 266 g/mol. The van der Waals surface area contributed by atoms with Crippen LogP contribution in [0.3, 0.4) is 0 Å². The average Bonchev–Trinajstić information content (AvgIpc) is 2.67. The number of hydrogen-bond donors (Lipinski definition) is 1. The fraction of sp³-hybridized carbons (Fsp3) is 0.882. The molecule has 2 rings (SSSR count). The van der Waals surface area contributed by atoms with Gasteiger partial charge in [-0.05, 0) is 50.4 Å². The highest BCUT2D eigenvalue weighted by molar-refractivity contribution is 5.76. The average molecular weight is 295 g/mol. The summed E-state index contributed by atoms with van der Waals surface area (Å²) in [5, 5.41) is 8.61. The third-order valence-electron chi connectivity index (χ3n) is 5.35. The van der Waals surface area contributed by atoms with Crippen LogP contribution in [0.15, 0.2) is 0 Å². The molecule has 1 amide bonds. The second-order valence-corrected chi connectivity index (χ2v) is 6.90. The van der Waals surface area contributed by atoms with Crippen molar-refractivity contribution < 1.29 is 14.7 Å². The van der Waals surface area contributed by atoms with Crippen molar-refractivity contribution in [1.29, 1.82) is 0 Å². The molecule has 0 atom stereocenters. The van der Waals surface area contributed by atoms with E-state index >= 15 is 0 Å². The van der Waals surface area contributed by atoms with E-state index in [0.29, 0.717) is 24.7 Å². The summed E-state index contributed by atoms with van der Waals surface area (Å²) in [5.41, 5.74) is 0.524. The SMILES string of the molecule is O=C(O)CCCCC(=O)N1CCCC2(CCCCC2)CC1. The Morgan fingerprint density at radius 3 is 2.24 bits per heavy atom. The third-order valence-corrected chi connectivity index (χ3v) is 5.35. The fourth-order valence-electron chi connectivity index (χ4n) is 4.02. The number of carboxylic acids is 1. The highest BCUT2D eigenvalue weighted by Gasteiger charge is 2.34. The maximum atomic E-state index is 12.2. The molecular formula is C17H29NO3. The molecule has 0 unspecified atom stereocenters. The van der Waals surface area contributed by atoms with E-state index in [1.54, 1.807) is 0 Å². The lowest BCUT2D eigenvalue weighted by molar-refractivity contribution is -0.137. The summed E-state index contributed by atoms with van der Waals surface area (Å²) in [6, 6.07) is 0. The zero-order chi connectivity index (χ0) is 15.1. The Kier molecular flexibility index (Phi) is 6.07. The van der Waals surface area contributed by atoms with Crippen molar-refractivity contribution in [2.45, 2.75) is 77.0 Å². The maximum Gasteiger partial charge on any atom is 0.303 e. The Bertz CT molecular complexity index is 361. The summed E-state index contributed by atoms with van der Waals surface area (Å²) in [5.74, 6) is -0.537. The Balaban J connectivity index is 1.74. The smallest absolute Gasteiger partial charge is 0.303 e. The quantitative estimate of drug-likeness (QED) is 0.788. The Morgan fingerprint density at radius 1 is 0.857 bits per heavy atom. The van der Waals surface area contributed by atoms with Crippen LogP contribution < -0.4 is 0 Å². The number of rotatable bonds is 5. The Labute approximate surface area is 127 Å². The largest absolute Gasteiger partial charge is 0.481 e. The molecule has 0 aromatic heterocycles. The number of unbranched alkanes of at least 4 members (excludes halogenated alkanes) is 1. The van der Waals surface area contributed by atoms with Crippen LogP contribution >= 0.6 is 0 Å². The molecule has 4 heteroatoms. The monoisotopic (exact) mass is 295 g/mol. The normalized spacial score (nSPS) is 22.0. The molecule has 1 saturated carbocycles. The summed E-state index contributed by atoms with van der Waals surface area (Å²) >= 11 is 0. The van der Waals surface area contributed by atoms with Gasteiger partial charge in [0.2, 0.25) is 5.91 Å². The number of hydrogen-bond acceptors (Lipinski definition) is 2. The van der Waals surface area contributed by atoms with Gasteiger partial charge in [-0.1, -0.05) is 19.3 Å². The van der Waals surface area contributed by atoms with Crippen LogP contribution in [-0.4, -0.2) is 35.0 Å². The van der Waals surface area contributed by atoms with Crippen LogP contribution in [0.4, 0.5) is 0 Å². The van der Waals surface area contributed by atoms with E-state index in [-0.39, 0.29) is 12.3 Å². The summed E-state index contributed by atoms with van der Waals surface area (Å²) in [6.45, 7) is 1.82. The van der Waals surface area contributed by atoms with E-state index in [2.05, 4.69) is 0 Å². The zero-order valence-corrected chi connectivity index (χ0v) is 13.1. The van der Waals surface area contributed by atoms with Crippen molar-refractivity contribution in [1.82, 2.24) is 4.90 Å². The van der Waals surface area contributed by atoms with Crippen molar-refractivity contribution >= 4 is 11.9 Å². The van der Waals surface area contributed by atoms with Crippen LogP contribution in [0.2, 0.25) is 0 Å². The van der Waals surface area contributed by atoms with E-state index in [1.807, 2.05) is 4.90 Å². The van der Waals surface area contributed by atoms with Crippen LogP contribution in [0.25, 0.3) is 0 Å². The van der Waals surface area contributed by atoms with Gasteiger partial charge in [0.15, 0.2) is 0 Å². The van der Waals surface area contributed by atoms with Crippen LogP contribution in [0.1, 0.15) is 77.0 Å². The van der Waals surface area contributed by atoms with Crippen LogP contribution in [-0.2, 0) is 9.59 Å². The first-order valence-corrected chi connectivity index (χ1v) is 8.61. The molecule has 21 heavy (non-hydrogen) atoms. The van der Waals surface area contributed by atoms with Crippen molar-refractivity contribution in [2.75, 3.05) is 13.1 Å². The first-order valence-electron chi connectivity index (χ1n) is 8.61. The predicted octanol–water partition coefficient (Wildman–Crippen LogP) is 3.59. The van der Waals surface area contributed by atoms with E-state index in [1.165, 1.54) is 44.9 Å². The first kappa shape index (κ1) is 16.3. The lowest BCUT2D eigenvalue weighted by Crippen LogP contribution is -2.33. The topological polar surface area (TPSA) is 57.6 Å². The number of carbonyl (C=O) groups excluding carboxylic acids is 1. The number of carbonyl (C=O) groups is 2. The Hall–Kier alpha value is -1.06. The lowest BCUT2D eigenvalue weighted by atomic mass is 9.69. The minimum absolute atomic E-state index is 0.177. The highest BCUT2D eigenvalue weighted by Crippen LogP contribution is 2.44.